The average molecular weight is 426 g/mol. The summed E-state index contributed by atoms with van der Waals surface area (Å²) in [5.41, 5.74) is 7.46. The third kappa shape index (κ3) is 2.63. The minimum absolute atomic E-state index is 1.19. The van der Waals surface area contributed by atoms with Crippen molar-refractivity contribution < 1.29 is 0 Å². The molecular formula is C30H19NS. The first kappa shape index (κ1) is 17.8. The Morgan fingerprint density at radius 2 is 1.09 bits per heavy atom. The van der Waals surface area contributed by atoms with Gasteiger partial charge in [0.2, 0.25) is 0 Å². The molecule has 0 fully saturated rings. The molecule has 2 heterocycles. The molecule has 7 rings (SSSR count). The normalized spacial score (nSPS) is 11.8. The lowest BCUT2D eigenvalue weighted by atomic mass is 10.0. The van der Waals surface area contributed by atoms with Crippen LogP contribution in [0.5, 0.6) is 0 Å². The van der Waals surface area contributed by atoms with Crippen molar-refractivity contribution >= 4 is 53.3 Å². The maximum Gasteiger partial charge on any atom is 0.0646 e. The molecule has 0 atom stereocenters. The van der Waals surface area contributed by atoms with E-state index in [9.17, 15) is 0 Å². The number of rotatable bonds is 2. The molecule has 0 bridgehead atoms. The number of nitrogens with one attached hydrogen (secondary N) is 1. The van der Waals surface area contributed by atoms with Crippen LogP contribution in [-0.4, -0.2) is 4.98 Å². The van der Waals surface area contributed by atoms with E-state index in [2.05, 4.69) is 114 Å². The Balaban J connectivity index is 1.47. The highest BCUT2D eigenvalue weighted by molar-refractivity contribution is 7.26. The predicted molar refractivity (Wildman–Crippen MR) is 140 cm³/mol. The molecule has 7 aromatic rings. The van der Waals surface area contributed by atoms with E-state index in [1.54, 1.807) is 0 Å². The quantitative estimate of drug-likeness (QED) is 0.284. The van der Waals surface area contributed by atoms with Gasteiger partial charge in [-0.05, 0) is 46.5 Å². The maximum atomic E-state index is 3.72. The third-order valence-electron chi connectivity index (χ3n) is 6.42. The number of hydrogen-bond donors (Lipinski definition) is 1. The lowest BCUT2D eigenvalue weighted by molar-refractivity contribution is 1.56. The second-order valence-corrected chi connectivity index (χ2v) is 9.35. The van der Waals surface area contributed by atoms with E-state index >= 15 is 0 Å². The second-order valence-electron chi connectivity index (χ2n) is 8.30. The summed E-state index contributed by atoms with van der Waals surface area (Å²) in [7, 11) is 0. The molecule has 32 heavy (non-hydrogen) atoms. The van der Waals surface area contributed by atoms with E-state index in [-0.39, 0.29) is 0 Å². The van der Waals surface area contributed by atoms with Crippen molar-refractivity contribution in [3.63, 3.8) is 0 Å². The minimum atomic E-state index is 1.19. The molecule has 0 unspecified atom stereocenters. The molecular weight excluding hydrogens is 406 g/mol. The van der Waals surface area contributed by atoms with Crippen LogP contribution in [0.1, 0.15) is 0 Å². The smallest absolute Gasteiger partial charge is 0.0646 e. The highest BCUT2D eigenvalue weighted by Gasteiger charge is 2.13. The van der Waals surface area contributed by atoms with Gasteiger partial charge in [0.15, 0.2) is 0 Å². The van der Waals surface area contributed by atoms with Gasteiger partial charge in [-0.15, -0.1) is 11.3 Å². The lowest BCUT2D eigenvalue weighted by Gasteiger charge is -2.02. The van der Waals surface area contributed by atoms with E-state index in [4.69, 9.17) is 0 Å². The molecule has 2 aromatic heterocycles. The highest BCUT2D eigenvalue weighted by atomic mass is 32.1. The highest BCUT2D eigenvalue weighted by Crippen LogP contribution is 2.42. The molecule has 0 aliphatic carbocycles. The third-order valence-corrected chi connectivity index (χ3v) is 7.63. The van der Waals surface area contributed by atoms with Crippen molar-refractivity contribution in [2.24, 2.45) is 0 Å². The van der Waals surface area contributed by atoms with Crippen molar-refractivity contribution in [3.8, 4) is 22.3 Å². The fourth-order valence-electron chi connectivity index (χ4n) is 4.82. The van der Waals surface area contributed by atoms with Crippen LogP contribution in [0.4, 0.5) is 0 Å². The number of hydrogen-bond acceptors (Lipinski definition) is 1. The summed E-state index contributed by atoms with van der Waals surface area (Å²) in [4.78, 5) is 3.72. The Morgan fingerprint density at radius 1 is 0.469 bits per heavy atom. The summed E-state index contributed by atoms with van der Waals surface area (Å²) in [5.74, 6) is 0. The van der Waals surface area contributed by atoms with Crippen molar-refractivity contribution in [3.05, 3.63) is 109 Å². The summed E-state index contributed by atoms with van der Waals surface area (Å²) in [6, 6.07) is 39.4. The Bertz CT molecular complexity index is 1620. The zero-order chi connectivity index (χ0) is 21.1. The van der Waals surface area contributed by atoms with Crippen LogP contribution < -0.4 is 0 Å². The maximum absolute atomic E-state index is 3.72. The van der Waals surface area contributed by atoms with Gasteiger partial charge in [-0.25, -0.2) is 0 Å². The first-order valence-electron chi connectivity index (χ1n) is 10.9. The second kappa shape index (κ2) is 6.81. The van der Waals surface area contributed by atoms with Crippen molar-refractivity contribution in [1.29, 1.82) is 0 Å². The topological polar surface area (TPSA) is 15.8 Å². The van der Waals surface area contributed by atoms with Crippen LogP contribution in [0.3, 0.4) is 0 Å². The fraction of sp³-hybridized carbons (Fsp3) is 0. The van der Waals surface area contributed by atoms with Crippen molar-refractivity contribution in [2.45, 2.75) is 0 Å². The molecule has 2 heteroatoms. The van der Waals surface area contributed by atoms with Gasteiger partial charge < -0.3 is 4.98 Å². The number of benzene rings is 5. The first-order chi connectivity index (χ1) is 15.8. The zero-order valence-electron chi connectivity index (χ0n) is 17.3. The van der Waals surface area contributed by atoms with E-state index in [0.29, 0.717) is 0 Å². The molecule has 0 spiro atoms. The van der Waals surface area contributed by atoms with Crippen molar-refractivity contribution in [2.75, 3.05) is 0 Å². The van der Waals surface area contributed by atoms with Crippen LogP contribution in [0.15, 0.2) is 109 Å². The molecule has 150 valence electrons. The minimum Gasteiger partial charge on any atom is -0.353 e. The van der Waals surface area contributed by atoms with Gasteiger partial charge in [0, 0.05) is 31.8 Å². The van der Waals surface area contributed by atoms with Gasteiger partial charge in [0.25, 0.3) is 0 Å². The van der Waals surface area contributed by atoms with Gasteiger partial charge in [0.1, 0.15) is 0 Å². The number of thiophene rings is 1. The zero-order valence-corrected chi connectivity index (χ0v) is 18.1. The standard InChI is InChI=1S/C30H19NS/c1-3-7-19(8-4-1)21-11-15-27-25(17-21)23-13-14-24-26-18-22(20-9-5-2-6-10-20)12-16-28(26)32-30(24)29(23)31-27/h1-18,31H. The number of H-pyrrole nitrogens is 1. The monoisotopic (exact) mass is 425 g/mol. The van der Waals surface area contributed by atoms with E-state index in [0.717, 1.165) is 0 Å². The summed E-state index contributed by atoms with van der Waals surface area (Å²) < 4.78 is 2.66. The Hall–Kier alpha value is -3.88. The molecule has 0 amide bonds. The van der Waals surface area contributed by atoms with Crippen LogP contribution in [-0.2, 0) is 0 Å². The Morgan fingerprint density at radius 3 is 1.81 bits per heavy atom. The van der Waals surface area contributed by atoms with Gasteiger partial charge in [-0.1, -0.05) is 84.9 Å². The van der Waals surface area contributed by atoms with Crippen LogP contribution in [0.2, 0.25) is 0 Å². The molecule has 0 saturated carbocycles. The summed E-state index contributed by atoms with van der Waals surface area (Å²) in [6.07, 6.45) is 0. The van der Waals surface area contributed by atoms with Crippen LogP contribution >= 0.6 is 11.3 Å². The number of aromatic nitrogens is 1. The Labute approximate surface area is 189 Å². The summed E-state index contributed by atoms with van der Waals surface area (Å²) in [5, 5.41) is 5.23. The molecule has 0 aliphatic rings. The van der Waals surface area contributed by atoms with E-state index < -0.39 is 0 Å². The molecule has 0 radical (unpaired) electrons. The van der Waals surface area contributed by atoms with Gasteiger partial charge in [-0.3, -0.25) is 0 Å². The van der Waals surface area contributed by atoms with Crippen molar-refractivity contribution in [1.82, 2.24) is 4.98 Å². The summed E-state index contributed by atoms with van der Waals surface area (Å²) >= 11 is 1.88. The average Bonchev–Trinajstić information content (AvgIpc) is 3.42. The van der Waals surface area contributed by atoms with Crippen LogP contribution in [0, 0.1) is 0 Å². The SMILES string of the molecule is c1ccc(-c2ccc3[nH]c4c(ccc5c6cc(-c7ccccc7)ccc6sc54)c3c2)cc1. The first-order valence-corrected chi connectivity index (χ1v) is 11.7. The Kier molecular flexibility index (Phi) is 3.78. The lowest BCUT2D eigenvalue weighted by Crippen LogP contribution is -1.77. The molecule has 0 saturated heterocycles. The van der Waals surface area contributed by atoms with Gasteiger partial charge in [-0.2, -0.15) is 0 Å². The number of fused-ring (bicyclic) bond motifs is 7. The predicted octanol–water partition coefficient (Wildman–Crippen LogP) is 9.02. The van der Waals surface area contributed by atoms with Gasteiger partial charge >= 0.3 is 0 Å². The summed E-state index contributed by atoms with van der Waals surface area (Å²) in [6.45, 7) is 0. The molecule has 1 nitrogen and oxygen atoms in total. The number of aromatic amines is 1. The van der Waals surface area contributed by atoms with Gasteiger partial charge in [0.05, 0.1) is 10.2 Å². The van der Waals surface area contributed by atoms with E-state index in [1.165, 1.54) is 64.2 Å². The fourth-order valence-corrected chi connectivity index (χ4v) is 6.01. The largest absolute Gasteiger partial charge is 0.353 e. The van der Waals surface area contributed by atoms with E-state index in [1.807, 2.05) is 11.3 Å². The molecule has 5 aromatic carbocycles. The molecule has 1 N–H and O–H groups in total. The van der Waals surface area contributed by atoms with Crippen LogP contribution in [0.25, 0.3) is 64.2 Å². The molecule has 0 aliphatic heterocycles.